The molecule has 13 heteroatoms. The largest absolute Gasteiger partial charge is 0.491 e. The van der Waals surface area contributed by atoms with Crippen LogP contribution in [-0.2, 0) is 27.3 Å². The van der Waals surface area contributed by atoms with Crippen LogP contribution in [0.3, 0.4) is 0 Å². The number of benzene rings is 2. The Labute approximate surface area is 260 Å². The first-order valence-electron chi connectivity index (χ1n) is 14.4. The fourth-order valence-corrected chi connectivity index (χ4v) is 6.16. The fourth-order valence-electron chi connectivity index (χ4n) is 5.35. The number of β-amino-alcohol motifs (C(OH)–C–C–N with tert-alkyl or cyclic N) is 1. The molecule has 3 aromatic rings. The maximum absolute atomic E-state index is 14.1. The number of carbonyl (C=O) groups excluding carboxylic acids is 3. The Morgan fingerprint density at radius 1 is 1.16 bits per heavy atom. The third-order valence-electron chi connectivity index (χ3n) is 7.73. The standard InChI is InChI=1S/C31H38BFN4O6S/c1-18-27(44-17-35-18)21-10-8-19(9-11-21)15-34-29(40)24-14-22(38)16-37(24)30(41)28(31(2,3)4)36-25(39)13-12-20-6-5-7-23(33)26(20)32(42)43/h5-11,17,22,24,28,38,42-43H,12-16H2,1-4H3,(H,34,40)(H,36,39)/t22-,24+,28-/m1/s1. The van der Waals surface area contributed by atoms with Crippen LogP contribution in [0.2, 0.25) is 0 Å². The molecular formula is C31H38BFN4O6S. The number of nitrogens with one attached hydrogen (secondary N) is 2. The third-order valence-corrected chi connectivity index (χ3v) is 8.71. The van der Waals surface area contributed by atoms with E-state index in [1.54, 1.807) is 37.6 Å². The van der Waals surface area contributed by atoms with Crippen molar-refractivity contribution in [3.8, 4) is 10.4 Å². The summed E-state index contributed by atoms with van der Waals surface area (Å²) in [6.07, 6.45) is -0.960. The van der Waals surface area contributed by atoms with Gasteiger partial charge in [-0.15, -0.1) is 11.3 Å². The van der Waals surface area contributed by atoms with Crippen molar-refractivity contribution in [3.63, 3.8) is 0 Å². The first kappa shape index (κ1) is 33.3. The molecule has 234 valence electrons. The maximum Gasteiger partial charge on any atom is 0.491 e. The molecule has 44 heavy (non-hydrogen) atoms. The minimum atomic E-state index is -2.03. The van der Waals surface area contributed by atoms with Crippen LogP contribution in [0.4, 0.5) is 4.39 Å². The summed E-state index contributed by atoms with van der Waals surface area (Å²) in [5, 5.41) is 35.2. The van der Waals surface area contributed by atoms with Gasteiger partial charge in [0.1, 0.15) is 17.9 Å². The summed E-state index contributed by atoms with van der Waals surface area (Å²) in [6, 6.07) is 9.85. The van der Waals surface area contributed by atoms with Crippen molar-refractivity contribution in [3.05, 3.63) is 70.6 Å². The van der Waals surface area contributed by atoms with Crippen molar-refractivity contribution >= 4 is 41.6 Å². The predicted molar refractivity (Wildman–Crippen MR) is 166 cm³/mol. The van der Waals surface area contributed by atoms with Crippen molar-refractivity contribution in [1.82, 2.24) is 20.5 Å². The van der Waals surface area contributed by atoms with Gasteiger partial charge in [0, 0.05) is 31.4 Å². The van der Waals surface area contributed by atoms with Crippen LogP contribution >= 0.6 is 11.3 Å². The Kier molecular flexibility index (Phi) is 10.6. The van der Waals surface area contributed by atoms with Crippen LogP contribution in [0.25, 0.3) is 10.4 Å². The molecule has 1 aliphatic heterocycles. The molecule has 0 aliphatic carbocycles. The smallest absolute Gasteiger partial charge is 0.423 e. The molecule has 10 nitrogen and oxygen atoms in total. The molecule has 0 unspecified atom stereocenters. The van der Waals surface area contributed by atoms with E-state index in [0.717, 1.165) is 27.8 Å². The number of halogens is 1. The van der Waals surface area contributed by atoms with E-state index in [1.165, 1.54) is 17.0 Å². The quantitative estimate of drug-likeness (QED) is 0.215. The molecule has 1 aromatic heterocycles. The molecule has 4 rings (SSSR count). The summed E-state index contributed by atoms with van der Waals surface area (Å²) in [4.78, 5) is 46.7. The first-order valence-corrected chi connectivity index (χ1v) is 15.3. The Hall–Kier alpha value is -3.65. The highest BCUT2D eigenvalue weighted by Crippen LogP contribution is 2.28. The van der Waals surface area contributed by atoms with E-state index in [9.17, 15) is 33.9 Å². The minimum Gasteiger partial charge on any atom is -0.423 e. The topological polar surface area (TPSA) is 152 Å². The fraction of sp³-hybridized carbons (Fsp3) is 0.419. The number of aryl methyl sites for hydroxylation is 2. The number of hydrogen-bond donors (Lipinski definition) is 5. The summed E-state index contributed by atoms with van der Waals surface area (Å²) in [6.45, 7) is 7.47. The number of amides is 3. The second-order valence-electron chi connectivity index (χ2n) is 12.1. The van der Waals surface area contributed by atoms with E-state index >= 15 is 0 Å². The van der Waals surface area contributed by atoms with Crippen LogP contribution in [0, 0.1) is 18.2 Å². The summed E-state index contributed by atoms with van der Waals surface area (Å²) in [7, 11) is -2.03. The van der Waals surface area contributed by atoms with Crippen LogP contribution in [-0.4, -0.2) is 74.6 Å². The SMILES string of the molecule is Cc1ncsc1-c1ccc(CNC(=O)[C@@H]2C[C@@H](O)CN2C(=O)[C@@H](NC(=O)CCc2cccc(F)c2B(O)O)C(C)(C)C)cc1. The second-order valence-corrected chi connectivity index (χ2v) is 13.0. The van der Waals surface area contributed by atoms with E-state index in [2.05, 4.69) is 15.6 Å². The van der Waals surface area contributed by atoms with Gasteiger partial charge in [0.25, 0.3) is 0 Å². The maximum atomic E-state index is 14.1. The summed E-state index contributed by atoms with van der Waals surface area (Å²) in [5.41, 5.74) is 3.88. The van der Waals surface area contributed by atoms with Crippen molar-refractivity contribution in [1.29, 1.82) is 0 Å². The van der Waals surface area contributed by atoms with Crippen molar-refractivity contribution < 1.29 is 33.9 Å². The van der Waals surface area contributed by atoms with Crippen LogP contribution in [0.5, 0.6) is 0 Å². The molecule has 2 heterocycles. The van der Waals surface area contributed by atoms with Gasteiger partial charge >= 0.3 is 7.12 Å². The van der Waals surface area contributed by atoms with E-state index in [0.29, 0.717) is 0 Å². The van der Waals surface area contributed by atoms with Gasteiger partial charge in [0.2, 0.25) is 17.7 Å². The summed E-state index contributed by atoms with van der Waals surface area (Å²) >= 11 is 1.56. The zero-order valence-corrected chi connectivity index (χ0v) is 26.0. The van der Waals surface area contributed by atoms with E-state index in [-0.39, 0.29) is 43.4 Å². The Morgan fingerprint density at radius 3 is 2.48 bits per heavy atom. The number of aliphatic hydroxyl groups is 1. The van der Waals surface area contributed by atoms with E-state index < -0.39 is 54.3 Å². The lowest BCUT2D eigenvalue weighted by Gasteiger charge is -2.35. The van der Waals surface area contributed by atoms with Crippen molar-refractivity contribution in [2.45, 2.75) is 71.7 Å². The monoisotopic (exact) mass is 624 g/mol. The van der Waals surface area contributed by atoms with E-state index in [4.69, 9.17) is 0 Å². The predicted octanol–water partition coefficient (Wildman–Crippen LogP) is 1.68. The number of thiazole rings is 1. The number of nitrogens with zero attached hydrogens (tertiary/aromatic N) is 2. The number of carbonyl (C=O) groups is 3. The molecule has 1 saturated heterocycles. The zero-order valence-electron chi connectivity index (χ0n) is 25.2. The second kappa shape index (κ2) is 14.0. The van der Waals surface area contributed by atoms with Gasteiger partial charge in [-0.25, -0.2) is 9.37 Å². The number of likely N-dealkylation sites (tertiary alicyclic amines) is 1. The molecule has 0 radical (unpaired) electrons. The van der Waals surface area contributed by atoms with Crippen molar-refractivity contribution in [2.75, 3.05) is 6.54 Å². The third kappa shape index (κ3) is 7.89. The van der Waals surface area contributed by atoms with Crippen LogP contribution in [0.15, 0.2) is 48.0 Å². The normalized spacial score (nSPS) is 17.3. The molecule has 1 aliphatic rings. The molecule has 0 spiro atoms. The number of aromatic nitrogens is 1. The van der Waals surface area contributed by atoms with Gasteiger partial charge in [-0.1, -0.05) is 57.2 Å². The lowest BCUT2D eigenvalue weighted by atomic mass is 9.75. The molecule has 2 aromatic carbocycles. The summed E-state index contributed by atoms with van der Waals surface area (Å²) < 4.78 is 14.1. The van der Waals surface area contributed by atoms with Gasteiger partial charge < -0.3 is 30.7 Å². The highest BCUT2D eigenvalue weighted by atomic mass is 32.1. The number of aliphatic hydroxyl groups excluding tert-OH is 1. The van der Waals surface area contributed by atoms with Crippen LogP contribution < -0.4 is 16.1 Å². The summed E-state index contributed by atoms with van der Waals surface area (Å²) in [5.74, 6) is -2.19. The Morgan fingerprint density at radius 2 is 1.86 bits per heavy atom. The average Bonchev–Trinajstić information content (AvgIpc) is 3.58. The molecular weight excluding hydrogens is 586 g/mol. The molecule has 3 atom stereocenters. The highest BCUT2D eigenvalue weighted by molar-refractivity contribution is 7.13. The average molecular weight is 625 g/mol. The zero-order chi connectivity index (χ0) is 32.2. The molecule has 5 N–H and O–H groups in total. The number of rotatable bonds is 10. The molecule has 0 bridgehead atoms. The molecule has 3 amide bonds. The van der Waals surface area contributed by atoms with E-state index in [1.807, 2.05) is 31.2 Å². The van der Waals surface area contributed by atoms with Crippen LogP contribution in [0.1, 0.15) is 50.4 Å². The molecule has 1 fully saturated rings. The van der Waals surface area contributed by atoms with Gasteiger partial charge in [0.05, 0.1) is 22.2 Å². The van der Waals surface area contributed by atoms with Gasteiger partial charge in [0.15, 0.2) is 0 Å². The molecule has 0 saturated carbocycles. The lowest BCUT2D eigenvalue weighted by molar-refractivity contribution is -0.144. The Bertz CT molecular complexity index is 1490. The lowest BCUT2D eigenvalue weighted by Crippen LogP contribution is -2.57. The van der Waals surface area contributed by atoms with Crippen molar-refractivity contribution in [2.24, 2.45) is 5.41 Å². The Balaban J connectivity index is 1.40. The first-order chi connectivity index (χ1) is 20.8. The van der Waals surface area contributed by atoms with Gasteiger partial charge in [-0.3, -0.25) is 14.4 Å². The number of hydrogen-bond acceptors (Lipinski definition) is 8. The van der Waals surface area contributed by atoms with Gasteiger partial charge in [-0.2, -0.15) is 0 Å². The minimum absolute atomic E-state index is 0.0138. The van der Waals surface area contributed by atoms with Gasteiger partial charge in [-0.05, 0) is 41.5 Å². The highest BCUT2D eigenvalue weighted by Gasteiger charge is 2.44.